The topological polar surface area (TPSA) is 45.0 Å². The summed E-state index contributed by atoms with van der Waals surface area (Å²) in [6.45, 7) is 2.80. The number of hydrogen-bond donors (Lipinski definition) is 1. The van der Waals surface area contributed by atoms with E-state index in [9.17, 15) is 0 Å². The Morgan fingerprint density at radius 1 is 1.47 bits per heavy atom. The molecule has 1 aliphatic rings. The fourth-order valence-electron chi connectivity index (χ4n) is 2.27. The number of benzene rings is 1. The summed E-state index contributed by atoms with van der Waals surface area (Å²) in [7, 11) is 1.77. The third kappa shape index (κ3) is 2.27. The highest BCUT2D eigenvalue weighted by molar-refractivity contribution is 5.62. The first-order valence-corrected chi connectivity index (χ1v) is 5.99. The van der Waals surface area contributed by atoms with E-state index in [1.54, 1.807) is 7.11 Å². The van der Waals surface area contributed by atoms with Gasteiger partial charge in [0.15, 0.2) is 0 Å². The molecule has 0 spiro atoms. The molecular formula is C14H18N2O. The number of nitrogens with zero attached hydrogens (tertiary/aromatic N) is 1. The molecular weight excluding hydrogens is 212 g/mol. The van der Waals surface area contributed by atoms with Gasteiger partial charge in [0.1, 0.15) is 6.07 Å². The monoisotopic (exact) mass is 230 g/mol. The van der Waals surface area contributed by atoms with Crippen molar-refractivity contribution < 1.29 is 4.74 Å². The molecule has 0 saturated heterocycles. The van der Waals surface area contributed by atoms with Crippen molar-refractivity contribution in [1.29, 1.82) is 5.26 Å². The summed E-state index contributed by atoms with van der Waals surface area (Å²) >= 11 is 0. The first kappa shape index (κ1) is 11.9. The average Bonchev–Trinajstić information content (AvgIpc) is 2.29. The van der Waals surface area contributed by atoms with Crippen LogP contribution in [-0.2, 0) is 4.74 Å². The molecule has 0 aliphatic heterocycles. The van der Waals surface area contributed by atoms with Gasteiger partial charge in [-0.05, 0) is 37.8 Å². The quantitative estimate of drug-likeness (QED) is 0.865. The molecule has 3 nitrogen and oxygen atoms in total. The van der Waals surface area contributed by atoms with Crippen molar-refractivity contribution in [3.8, 4) is 6.07 Å². The second-order valence-electron chi connectivity index (χ2n) is 4.70. The number of para-hydroxylation sites is 1. The lowest BCUT2D eigenvalue weighted by Gasteiger charge is -2.41. The van der Waals surface area contributed by atoms with Gasteiger partial charge in [-0.1, -0.05) is 12.1 Å². The van der Waals surface area contributed by atoms with Gasteiger partial charge in [-0.25, -0.2) is 0 Å². The molecule has 1 aliphatic carbocycles. The molecule has 0 bridgehead atoms. The van der Waals surface area contributed by atoms with Crippen LogP contribution in [-0.4, -0.2) is 19.3 Å². The predicted octanol–water partition coefficient (Wildman–Crippen LogP) is 2.85. The fourth-order valence-corrected chi connectivity index (χ4v) is 2.27. The average molecular weight is 230 g/mol. The molecule has 0 atom stereocenters. The smallest absolute Gasteiger partial charge is 0.101 e. The van der Waals surface area contributed by atoms with Crippen LogP contribution < -0.4 is 5.32 Å². The van der Waals surface area contributed by atoms with E-state index >= 15 is 0 Å². The van der Waals surface area contributed by atoms with Gasteiger partial charge in [0.05, 0.1) is 16.9 Å². The second kappa shape index (κ2) is 4.77. The Morgan fingerprint density at radius 3 is 2.76 bits per heavy atom. The number of nitriles is 1. The van der Waals surface area contributed by atoms with Crippen LogP contribution in [0.5, 0.6) is 0 Å². The number of ether oxygens (including phenoxy) is 1. The Morgan fingerprint density at radius 2 is 2.24 bits per heavy atom. The lowest BCUT2D eigenvalue weighted by Crippen LogP contribution is -2.45. The maximum absolute atomic E-state index is 9.08. The van der Waals surface area contributed by atoms with Gasteiger partial charge in [0, 0.05) is 13.7 Å². The van der Waals surface area contributed by atoms with Crippen molar-refractivity contribution in [2.24, 2.45) is 0 Å². The molecule has 17 heavy (non-hydrogen) atoms. The highest BCUT2D eigenvalue weighted by Gasteiger charge is 2.36. The summed E-state index contributed by atoms with van der Waals surface area (Å²) in [6.07, 6.45) is 3.43. The maximum Gasteiger partial charge on any atom is 0.101 e. The van der Waals surface area contributed by atoms with Crippen LogP contribution in [0, 0.1) is 18.3 Å². The van der Waals surface area contributed by atoms with Gasteiger partial charge in [0.2, 0.25) is 0 Å². The van der Waals surface area contributed by atoms with E-state index in [1.165, 1.54) is 6.42 Å². The van der Waals surface area contributed by atoms with Gasteiger partial charge in [0.25, 0.3) is 0 Å². The van der Waals surface area contributed by atoms with Gasteiger partial charge in [-0.2, -0.15) is 5.26 Å². The zero-order valence-corrected chi connectivity index (χ0v) is 10.4. The van der Waals surface area contributed by atoms with Gasteiger partial charge < -0.3 is 10.1 Å². The molecule has 3 heteroatoms. The number of methoxy groups -OCH3 is 1. The Labute approximate surface area is 102 Å². The number of rotatable bonds is 4. The Bertz CT molecular complexity index is 439. The van der Waals surface area contributed by atoms with Crippen LogP contribution in [0.3, 0.4) is 0 Å². The van der Waals surface area contributed by atoms with Crippen molar-refractivity contribution in [2.75, 3.05) is 19.0 Å². The van der Waals surface area contributed by atoms with Crippen LogP contribution in [0.4, 0.5) is 5.69 Å². The first-order valence-electron chi connectivity index (χ1n) is 5.99. The fraction of sp³-hybridized carbons (Fsp3) is 0.500. The molecule has 1 aromatic carbocycles. The summed E-state index contributed by atoms with van der Waals surface area (Å²) in [5.74, 6) is 0. The van der Waals surface area contributed by atoms with E-state index in [2.05, 4.69) is 11.4 Å². The summed E-state index contributed by atoms with van der Waals surface area (Å²) < 4.78 is 5.56. The normalized spacial score (nSPS) is 17.0. The van der Waals surface area contributed by atoms with E-state index in [4.69, 9.17) is 10.00 Å². The first-order chi connectivity index (χ1) is 8.21. The lowest BCUT2D eigenvalue weighted by molar-refractivity contribution is -0.0601. The van der Waals surface area contributed by atoms with Gasteiger partial charge in [-0.3, -0.25) is 0 Å². The minimum absolute atomic E-state index is 0.0188. The van der Waals surface area contributed by atoms with Crippen molar-refractivity contribution in [3.05, 3.63) is 29.3 Å². The molecule has 0 unspecified atom stereocenters. The zero-order valence-electron chi connectivity index (χ0n) is 10.4. The lowest BCUT2D eigenvalue weighted by atomic mass is 9.80. The number of anilines is 1. The molecule has 90 valence electrons. The Kier molecular flexibility index (Phi) is 3.35. The van der Waals surface area contributed by atoms with Crippen LogP contribution in [0.15, 0.2) is 18.2 Å². The highest BCUT2D eigenvalue weighted by Crippen LogP contribution is 2.35. The molecule has 0 aromatic heterocycles. The number of aryl methyl sites for hydroxylation is 1. The minimum atomic E-state index is -0.0188. The summed E-state index contributed by atoms with van der Waals surface area (Å²) in [6, 6.07) is 7.99. The third-order valence-corrected chi connectivity index (χ3v) is 3.68. The third-order valence-electron chi connectivity index (χ3n) is 3.68. The van der Waals surface area contributed by atoms with Crippen molar-refractivity contribution in [2.45, 2.75) is 31.8 Å². The van der Waals surface area contributed by atoms with Gasteiger partial charge >= 0.3 is 0 Å². The van der Waals surface area contributed by atoms with E-state index in [0.29, 0.717) is 5.56 Å². The minimum Gasteiger partial charge on any atom is -0.381 e. The van der Waals surface area contributed by atoms with E-state index < -0.39 is 0 Å². The van der Waals surface area contributed by atoms with Crippen LogP contribution in [0.1, 0.15) is 30.4 Å². The molecule has 1 fully saturated rings. The Hall–Kier alpha value is -1.53. The molecule has 0 amide bonds. The van der Waals surface area contributed by atoms with Crippen LogP contribution in [0.2, 0.25) is 0 Å². The molecule has 1 saturated carbocycles. The molecule has 1 N–H and O–H groups in total. The van der Waals surface area contributed by atoms with Crippen molar-refractivity contribution in [3.63, 3.8) is 0 Å². The van der Waals surface area contributed by atoms with E-state index in [1.807, 2.05) is 25.1 Å². The molecule has 0 heterocycles. The largest absolute Gasteiger partial charge is 0.381 e. The number of hydrogen-bond acceptors (Lipinski definition) is 3. The zero-order chi connectivity index (χ0) is 12.3. The van der Waals surface area contributed by atoms with E-state index in [-0.39, 0.29) is 5.60 Å². The summed E-state index contributed by atoms with van der Waals surface area (Å²) in [5, 5.41) is 12.5. The van der Waals surface area contributed by atoms with Crippen molar-refractivity contribution >= 4 is 5.69 Å². The summed E-state index contributed by atoms with van der Waals surface area (Å²) in [4.78, 5) is 0. The van der Waals surface area contributed by atoms with Crippen molar-refractivity contribution in [1.82, 2.24) is 0 Å². The van der Waals surface area contributed by atoms with Gasteiger partial charge in [-0.15, -0.1) is 0 Å². The molecule has 2 rings (SSSR count). The Balaban J connectivity index is 2.11. The SMILES string of the molecule is COC1(CNc2c(C)cccc2C#N)CCC1. The van der Waals surface area contributed by atoms with Crippen LogP contribution >= 0.6 is 0 Å². The maximum atomic E-state index is 9.08. The van der Waals surface area contributed by atoms with Crippen LogP contribution in [0.25, 0.3) is 0 Å². The standard InChI is InChI=1S/C14H18N2O/c1-11-5-3-6-12(9-15)13(11)16-10-14(17-2)7-4-8-14/h3,5-6,16H,4,7-8,10H2,1-2H3. The summed E-state index contributed by atoms with van der Waals surface area (Å²) in [5.41, 5.74) is 2.73. The molecule has 0 radical (unpaired) electrons. The number of nitrogens with one attached hydrogen (secondary N) is 1. The molecule has 1 aromatic rings. The highest BCUT2D eigenvalue weighted by atomic mass is 16.5. The predicted molar refractivity (Wildman–Crippen MR) is 68.0 cm³/mol. The van der Waals surface area contributed by atoms with E-state index in [0.717, 1.165) is 30.6 Å². The second-order valence-corrected chi connectivity index (χ2v) is 4.70.